The smallest absolute Gasteiger partial charge is 0.305 e. The summed E-state index contributed by atoms with van der Waals surface area (Å²) in [6, 6.07) is 0. The van der Waals surface area contributed by atoms with Crippen LogP contribution < -0.4 is 0 Å². The fourth-order valence-corrected chi connectivity index (χ4v) is 2.20. The van der Waals surface area contributed by atoms with Crippen molar-refractivity contribution in [1.29, 1.82) is 0 Å². The highest BCUT2D eigenvalue weighted by Crippen LogP contribution is 2.16. The number of carbonyl (C=O) groups excluding carboxylic acids is 1. The molecular formula is C15H28O4. The summed E-state index contributed by atoms with van der Waals surface area (Å²) in [7, 11) is 0. The minimum Gasteiger partial charge on any atom is -0.465 e. The van der Waals surface area contributed by atoms with Crippen molar-refractivity contribution >= 4 is 5.97 Å². The van der Waals surface area contributed by atoms with Gasteiger partial charge in [-0.25, -0.2) is 0 Å². The first-order valence-electron chi connectivity index (χ1n) is 7.65. The lowest BCUT2D eigenvalue weighted by molar-refractivity contribution is -0.173. The number of hydrogen-bond acceptors (Lipinski definition) is 4. The van der Waals surface area contributed by atoms with Gasteiger partial charge in [-0.1, -0.05) is 20.3 Å². The van der Waals surface area contributed by atoms with Crippen LogP contribution in [0.4, 0.5) is 0 Å². The second-order valence-corrected chi connectivity index (χ2v) is 5.22. The third-order valence-corrected chi connectivity index (χ3v) is 3.29. The summed E-state index contributed by atoms with van der Waals surface area (Å²) in [5, 5.41) is 0. The number of ether oxygens (including phenoxy) is 3. The van der Waals surface area contributed by atoms with Crippen molar-refractivity contribution < 1.29 is 19.0 Å². The van der Waals surface area contributed by atoms with Gasteiger partial charge in [0.05, 0.1) is 13.2 Å². The molecule has 1 fully saturated rings. The second kappa shape index (κ2) is 10.2. The van der Waals surface area contributed by atoms with Gasteiger partial charge in [-0.05, 0) is 32.1 Å². The first-order chi connectivity index (χ1) is 9.26. The first kappa shape index (κ1) is 16.4. The van der Waals surface area contributed by atoms with E-state index >= 15 is 0 Å². The van der Waals surface area contributed by atoms with E-state index in [-0.39, 0.29) is 18.2 Å². The van der Waals surface area contributed by atoms with Gasteiger partial charge < -0.3 is 14.2 Å². The van der Waals surface area contributed by atoms with Crippen LogP contribution in [0, 0.1) is 5.92 Å². The lowest BCUT2D eigenvalue weighted by Crippen LogP contribution is -2.27. The van der Waals surface area contributed by atoms with E-state index in [0.717, 1.165) is 38.7 Å². The third kappa shape index (κ3) is 7.53. The van der Waals surface area contributed by atoms with Crippen LogP contribution >= 0.6 is 0 Å². The highest BCUT2D eigenvalue weighted by molar-refractivity contribution is 5.69. The Balaban J connectivity index is 2.20. The monoisotopic (exact) mass is 272 g/mol. The molecule has 0 aromatic carbocycles. The number of esters is 1. The van der Waals surface area contributed by atoms with Gasteiger partial charge in [0.1, 0.15) is 0 Å². The molecule has 1 aliphatic rings. The van der Waals surface area contributed by atoms with Crippen molar-refractivity contribution in [2.45, 2.75) is 65.1 Å². The van der Waals surface area contributed by atoms with Crippen LogP contribution in [-0.4, -0.2) is 32.1 Å². The normalized spacial score (nSPS) is 21.1. The average molecular weight is 272 g/mol. The molecular weight excluding hydrogens is 244 g/mol. The predicted molar refractivity (Wildman–Crippen MR) is 73.8 cm³/mol. The van der Waals surface area contributed by atoms with Gasteiger partial charge in [-0.3, -0.25) is 4.79 Å². The Morgan fingerprint density at radius 2 is 2.11 bits per heavy atom. The Kier molecular flexibility index (Phi) is 8.84. The fraction of sp³-hybridized carbons (Fsp3) is 0.933. The molecule has 4 nitrogen and oxygen atoms in total. The lowest BCUT2D eigenvalue weighted by atomic mass is 10.1. The topological polar surface area (TPSA) is 44.8 Å². The first-order valence-corrected chi connectivity index (χ1v) is 7.65. The zero-order chi connectivity index (χ0) is 13.9. The van der Waals surface area contributed by atoms with Crippen LogP contribution in [0.3, 0.4) is 0 Å². The molecule has 0 bridgehead atoms. The maximum atomic E-state index is 11.4. The molecule has 0 aromatic heterocycles. The maximum Gasteiger partial charge on any atom is 0.305 e. The van der Waals surface area contributed by atoms with Gasteiger partial charge in [0, 0.05) is 18.9 Å². The average Bonchev–Trinajstić information content (AvgIpc) is 2.43. The molecule has 1 rings (SSSR count). The second-order valence-electron chi connectivity index (χ2n) is 5.22. The molecule has 0 radical (unpaired) electrons. The SMILES string of the molecule is CCCC(=O)OCC(CCC)COC1CCCCO1. The molecule has 0 saturated carbocycles. The zero-order valence-electron chi connectivity index (χ0n) is 12.4. The minimum absolute atomic E-state index is 0.0561. The summed E-state index contributed by atoms with van der Waals surface area (Å²) in [6.07, 6.45) is 6.67. The van der Waals surface area contributed by atoms with E-state index in [9.17, 15) is 4.79 Å². The van der Waals surface area contributed by atoms with Crippen molar-refractivity contribution in [3.8, 4) is 0 Å². The van der Waals surface area contributed by atoms with Crippen LogP contribution in [0.1, 0.15) is 58.8 Å². The van der Waals surface area contributed by atoms with Gasteiger partial charge in [0.2, 0.25) is 0 Å². The summed E-state index contributed by atoms with van der Waals surface area (Å²) < 4.78 is 16.6. The summed E-state index contributed by atoms with van der Waals surface area (Å²) in [6.45, 7) is 6.01. The van der Waals surface area contributed by atoms with E-state index in [1.165, 1.54) is 6.42 Å². The Morgan fingerprint density at radius 3 is 2.74 bits per heavy atom. The number of rotatable bonds is 9. The number of hydrogen-bond donors (Lipinski definition) is 0. The van der Waals surface area contributed by atoms with E-state index < -0.39 is 0 Å². The Morgan fingerprint density at radius 1 is 1.26 bits per heavy atom. The van der Waals surface area contributed by atoms with E-state index in [2.05, 4.69) is 6.92 Å². The van der Waals surface area contributed by atoms with E-state index in [1.54, 1.807) is 0 Å². The Labute approximate surface area is 116 Å². The number of carbonyl (C=O) groups is 1. The van der Waals surface area contributed by atoms with Crippen molar-refractivity contribution in [2.24, 2.45) is 5.92 Å². The maximum absolute atomic E-state index is 11.4. The van der Waals surface area contributed by atoms with Crippen LogP contribution in [-0.2, 0) is 19.0 Å². The van der Waals surface area contributed by atoms with E-state index in [0.29, 0.717) is 19.6 Å². The van der Waals surface area contributed by atoms with Crippen molar-refractivity contribution in [1.82, 2.24) is 0 Å². The third-order valence-electron chi connectivity index (χ3n) is 3.29. The van der Waals surface area contributed by atoms with Crippen LogP contribution in [0.25, 0.3) is 0 Å². The van der Waals surface area contributed by atoms with Crippen molar-refractivity contribution in [3.05, 3.63) is 0 Å². The highest BCUT2D eigenvalue weighted by Gasteiger charge is 2.17. The summed E-state index contributed by atoms with van der Waals surface area (Å²) >= 11 is 0. The molecule has 1 aliphatic heterocycles. The van der Waals surface area contributed by atoms with Crippen LogP contribution in [0.15, 0.2) is 0 Å². The quantitative estimate of drug-likeness (QED) is 0.604. The fourth-order valence-electron chi connectivity index (χ4n) is 2.20. The van der Waals surface area contributed by atoms with Crippen LogP contribution in [0.5, 0.6) is 0 Å². The molecule has 0 N–H and O–H groups in total. The predicted octanol–water partition coefficient (Wildman–Crippen LogP) is 3.29. The summed E-state index contributed by atoms with van der Waals surface area (Å²) in [5.74, 6) is 0.189. The molecule has 2 atom stereocenters. The lowest BCUT2D eigenvalue weighted by Gasteiger charge is -2.25. The minimum atomic E-state index is -0.0995. The molecule has 2 unspecified atom stereocenters. The van der Waals surface area contributed by atoms with E-state index in [1.807, 2.05) is 6.92 Å². The molecule has 112 valence electrons. The summed E-state index contributed by atoms with van der Waals surface area (Å²) in [4.78, 5) is 11.4. The molecule has 1 saturated heterocycles. The Hall–Kier alpha value is -0.610. The van der Waals surface area contributed by atoms with Gasteiger partial charge in [0.25, 0.3) is 0 Å². The van der Waals surface area contributed by atoms with Gasteiger partial charge in [-0.15, -0.1) is 0 Å². The van der Waals surface area contributed by atoms with E-state index in [4.69, 9.17) is 14.2 Å². The van der Waals surface area contributed by atoms with Gasteiger partial charge in [-0.2, -0.15) is 0 Å². The van der Waals surface area contributed by atoms with Gasteiger partial charge >= 0.3 is 5.97 Å². The van der Waals surface area contributed by atoms with Crippen molar-refractivity contribution in [3.63, 3.8) is 0 Å². The Bertz CT molecular complexity index is 236. The van der Waals surface area contributed by atoms with Crippen LogP contribution in [0.2, 0.25) is 0 Å². The van der Waals surface area contributed by atoms with Crippen molar-refractivity contribution in [2.75, 3.05) is 19.8 Å². The van der Waals surface area contributed by atoms with Gasteiger partial charge in [0.15, 0.2) is 6.29 Å². The molecule has 4 heteroatoms. The highest BCUT2D eigenvalue weighted by atomic mass is 16.7. The standard InChI is InChI=1S/C15H28O4/c1-3-7-13(11-18-14(16)8-4-2)12-19-15-9-5-6-10-17-15/h13,15H,3-12H2,1-2H3. The largest absolute Gasteiger partial charge is 0.465 e. The molecule has 19 heavy (non-hydrogen) atoms. The molecule has 1 heterocycles. The molecule has 0 amide bonds. The molecule has 0 spiro atoms. The zero-order valence-corrected chi connectivity index (χ0v) is 12.4. The summed E-state index contributed by atoms with van der Waals surface area (Å²) in [5.41, 5.74) is 0. The molecule has 0 aromatic rings. The molecule has 0 aliphatic carbocycles.